The van der Waals surface area contributed by atoms with E-state index in [1.165, 1.54) is 16.7 Å². The van der Waals surface area contributed by atoms with Crippen molar-refractivity contribution in [3.05, 3.63) is 71.8 Å². The molecular formula is C24H33IN6O2. The second-order valence-electron chi connectivity index (χ2n) is 7.16. The van der Waals surface area contributed by atoms with Gasteiger partial charge in [0.25, 0.3) is 0 Å². The highest BCUT2D eigenvalue weighted by Crippen LogP contribution is 2.28. The first-order chi connectivity index (χ1) is 15.7. The molecule has 0 spiro atoms. The van der Waals surface area contributed by atoms with Gasteiger partial charge in [0, 0.05) is 20.1 Å². The zero-order valence-electron chi connectivity index (χ0n) is 19.5. The summed E-state index contributed by atoms with van der Waals surface area (Å²) in [6.07, 6.45) is 4.12. The third-order valence-corrected chi connectivity index (χ3v) is 4.80. The van der Waals surface area contributed by atoms with E-state index in [1.807, 2.05) is 30.7 Å². The largest absolute Gasteiger partial charge is 0.490 e. The highest BCUT2D eigenvalue weighted by atomic mass is 127. The molecule has 1 aromatic heterocycles. The number of halogens is 1. The molecule has 0 saturated heterocycles. The second-order valence-corrected chi connectivity index (χ2v) is 7.16. The molecule has 178 valence electrons. The van der Waals surface area contributed by atoms with Crippen molar-refractivity contribution in [1.82, 2.24) is 25.4 Å². The molecule has 0 aliphatic rings. The van der Waals surface area contributed by atoms with E-state index in [0.717, 1.165) is 30.4 Å². The molecule has 0 amide bonds. The predicted molar refractivity (Wildman–Crippen MR) is 142 cm³/mol. The second kappa shape index (κ2) is 14.4. The number of hydrogen-bond acceptors (Lipinski definition) is 5. The van der Waals surface area contributed by atoms with Crippen LogP contribution in [-0.2, 0) is 19.5 Å². The van der Waals surface area contributed by atoms with Crippen LogP contribution in [0.1, 0.15) is 30.5 Å². The Hall–Kier alpha value is -2.82. The monoisotopic (exact) mass is 564 g/mol. The van der Waals surface area contributed by atoms with Crippen LogP contribution in [0.5, 0.6) is 11.5 Å². The van der Waals surface area contributed by atoms with Crippen molar-refractivity contribution in [3.8, 4) is 11.5 Å². The fraction of sp³-hybridized carbons (Fsp3) is 0.375. The van der Waals surface area contributed by atoms with E-state index in [2.05, 4.69) is 56.0 Å². The van der Waals surface area contributed by atoms with Gasteiger partial charge in [0.2, 0.25) is 0 Å². The molecule has 0 radical (unpaired) electrons. The Morgan fingerprint density at radius 1 is 0.970 bits per heavy atom. The molecule has 2 N–H and O–H groups in total. The first-order valence-electron chi connectivity index (χ1n) is 10.9. The van der Waals surface area contributed by atoms with Gasteiger partial charge in [-0.05, 0) is 49.1 Å². The van der Waals surface area contributed by atoms with Gasteiger partial charge in [-0.2, -0.15) is 5.10 Å². The number of nitrogens with one attached hydrogen (secondary N) is 2. The van der Waals surface area contributed by atoms with Crippen molar-refractivity contribution in [2.24, 2.45) is 4.99 Å². The van der Waals surface area contributed by atoms with E-state index >= 15 is 0 Å². The molecular weight excluding hydrogens is 531 g/mol. The normalized spacial score (nSPS) is 10.9. The molecule has 0 bridgehead atoms. The fourth-order valence-corrected chi connectivity index (χ4v) is 3.32. The van der Waals surface area contributed by atoms with Crippen LogP contribution in [0.15, 0.2) is 60.1 Å². The average Bonchev–Trinajstić information content (AvgIpc) is 3.31. The molecule has 9 heteroatoms. The summed E-state index contributed by atoms with van der Waals surface area (Å²) >= 11 is 0. The van der Waals surface area contributed by atoms with Crippen LogP contribution in [-0.4, -0.2) is 47.5 Å². The first-order valence-corrected chi connectivity index (χ1v) is 10.9. The number of benzene rings is 2. The summed E-state index contributed by atoms with van der Waals surface area (Å²) in [6.45, 7) is 7.31. The number of hydrogen-bond donors (Lipinski definition) is 2. The van der Waals surface area contributed by atoms with E-state index < -0.39 is 0 Å². The van der Waals surface area contributed by atoms with E-state index in [-0.39, 0.29) is 24.0 Å². The highest BCUT2D eigenvalue weighted by Gasteiger charge is 2.07. The van der Waals surface area contributed by atoms with E-state index in [0.29, 0.717) is 26.3 Å². The van der Waals surface area contributed by atoms with Crippen LogP contribution in [0.25, 0.3) is 0 Å². The van der Waals surface area contributed by atoms with Gasteiger partial charge < -0.3 is 20.1 Å². The quantitative estimate of drug-likeness (QED) is 0.210. The standard InChI is InChI=1S/C24H32N6O2.HI/c1-4-31-22-10-9-19(14-23(22)32-5-2)11-12-27-24(25-3)28-15-20-7-6-8-21(13-20)16-30-18-26-17-29-30;/h6-10,13-14,17-18H,4-5,11-12,15-16H2,1-3H3,(H2,25,27,28);1H. The zero-order valence-corrected chi connectivity index (χ0v) is 21.8. The zero-order chi connectivity index (χ0) is 22.6. The summed E-state index contributed by atoms with van der Waals surface area (Å²) in [5, 5.41) is 10.9. The molecule has 8 nitrogen and oxygen atoms in total. The van der Waals surface area contributed by atoms with Gasteiger partial charge in [-0.15, -0.1) is 24.0 Å². The molecule has 0 aliphatic carbocycles. The van der Waals surface area contributed by atoms with Crippen LogP contribution in [0.4, 0.5) is 0 Å². The van der Waals surface area contributed by atoms with E-state index in [4.69, 9.17) is 9.47 Å². The molecule has 1 heterocycles. The lowest BCUT2D eigenvalue weighted by Gasteiger charge is -2.14. The number of guanidine groups is 1. The van der Waals surface area contributed by atoms with Crippen molar-refractivity contribution < 1.29 is 9.47 Å². The Balaban J connectivity index is 0.00000385. The molecule has 0 saturated carbocycles. The third-order valence-electron chi connectivity index (χ3n) is 4.80. The molecule has 33 heavy (non-hydrogen) atoms. The van der Waals surface area contributed by atoms with Crippen molar-refractivity contribution in [1.29, 1.82) is 0 Å². The van der Waals surface area contributed by atoms with E-state index in [9.17, 15) is 0 Å². The van der Waals surface area contributed by atoms with Crippen molar-refractivity contribution in [2.45, 2.75) is 33.4 Å². The van der Waals surface area contributed by atoms with Crippen LogP contribution in [0.3, 0.4) is 0 Å². The number of nitrogens with zero attached hydrogens (tertiary/aromatic N) is 4. The Morgan fingerprint density at radius 3 is 2.48 bits per heavy atom. The van der Waals surface area contributed by atoms with Gasteiger partial charge in [-0.3, -0.25) is 4.99 Å². The van der Waals surface area contributed by atoms with Crippen molar-refractivity contribution in [2.75, 3.05) is 26.8 Å². The first kappa shape index (κ1) is 26.4. The molecule has 0 atom stereocenters. The van der Waals surface area contributed by atoms with Crippen LogP contribution in [0.2, 0.25) is 0 Å². The Labute approximate surface area is 212 Å². The lowest BCUT2D eigenvalue weighted by Crippen LogP contribution is -2.37. The summed E-state index contributed by atoms with van der Waals surface area (Å²) in [7, 11) is 1.78. The lowest BCUT2D eigenvalue weighted by molar-refractivity contribution is 0.287. The number of ether oxygens (including phenoxy) is 2. The van der Waals surface area contributed by atoms with Gasteiger partial charge in [0.05, 0.1) is 19.8 Å². The molecule has 3 rings (SSSR count). The van der Waals surface area contributed by atoms with Gasteiger partial charge in [0.15, 0.2) is 17.5 Å². The molecule has 0 unspecified atom stereocenters. The molecule has 3 aromatic rings. The number of aliphatic imine (C=N–C) groups is 1. The Bertz CT molecular complexity index is 994. The SMILES string of the molecule is CCOc1ccc(CCNC(=NC)NCc2cccc(Cn3cncn3)c2)cc1OCC.I. The fourth-order valence-electron chi connectivity index (χ4n) is 3.32. The summed E-state index contributed by atoms with van der Waals surface area (Å²) in [4.78, 5) is 8.32. The molecule has 0 fully saturated rings. The highest BCUT2D eigenvalue weighted by molar-refractivity contribution is 14.0. The maximum absolute atomic E-state index is 5.72. The smallest absolute Gasteiger partial charge is 0.191 e. The van der Waals surface area contributed by atoms with Crippen molar-refractivity contribution >= 4 is 29.9 Å². The summed E-state index contributed by atoms with van der Waals surface area (Å²) in [6, 6.07) is 14.5. The summed E-state index contributed by atoms with van der Waals surface area (Å²) in [5.41, 5.74) is 3.54. The van der Waals surface area contributed by atoms with Crippen LogP contribution < -0.4 is 20.1 Å². The van der Waals surface area contributed by atoms with Crippen LogP contribution in [0, 0.1) is 0 Å². The third kappa shape index (κ3) is 8.56. The predicted octanol–water partition coefficient (Wildman–Crippen LogP) is 3.65. The topological polar surface area (TPSA) is 85.6 Å². The van der Waals surface area contributed by atoms with Gasteiger partial charge >= 0.3 is 0 Å². The Kier molecular flexibility index (Phi) is 11.5. The average molecular weight is 564 g/mol. The lowest BCUT2D eigenvalue weighted by atomic mass is 10.1. The maximum atomic E-state index is 5.72. The summed E-state index contributed by atoms with van der Waals surface area (Å²) < 4.78 is 13.2. The minimum absolute atomic E-state index is 0. The minimum Gasteiger partial charge on any atom is -0.490 e. The number of rotatable bonds is 11. The van der Waals surface area contributed by atoms with Crippen LogP contribution >= 0.6 is 24.0 Å². The van der Waals surface area contributed by atoms with Gasteiger partial charge in [-0.1, -0.05) is 30.3 Å². The molecule has 0 aliphatic heterocycles. The minimum atomic E-state index is 0. The van der Waals surface area contributed by atoms with Gasteiger partial charge in [0.1, 0.15) is 12.7 Å². The van der Waals surface area contributed by atoms with Gasteiger partial charge in [-0.25, -0.2) is 9.67 Å². The summed E-state index contributed by atoms with van der Waals surface area (Å²) in [5.74, 6) is 2.34. The number of aromatic nitrogens is 3. The maximum Gasteiger partial charge on any atom is 0.191 e. The van der Waals surface area contributed by atoms with Crippen molar-refractivity contribution in [3.63, 3.8) is 0 Å². The molecule has 2 aromatic carbocycles. The Morgan fingerprint density at radius 2 is 1.76 bits per heavy atom. The van der Waals surface area contributed by atoms with E-state index in [1.54, 1.807) is 19.7 Å².